The molecule has 1 saturated heterocycles. The normalized spacial score (nSPS) is 19.4. The van der Waals surface area contributed by atoms with Crippen molar-refractivity contribution in [1.82, 2.24) is 4.90 Å². The third-order valence-corrected chi connectivity index (χ3v) is 2.99. The van der Waals surface area contributed by atoms with Gasteiger partial charge in [-0.1, -0.05) is 12.1 Å². The van der Waals surface area contributed by atoms with Crippen LogP contribution in [0.3, 0.4) is 0 Å². The summed E-state index contributed by atoms with van der Waals surface area (Å²) in [6, 6.07) is 7.27. The molecule has 2 rings (SSSR count). The molecule has 5 nitrogen and oxygen atoms in total. The van der Waals surface area contributed by atoms with E-state index in [-0.39, 0.29) is 24.8 Å². The van der Waals surface area contributed by atoms with E-state index in [0.717, 1.165) is 11.3 Å². The van der Waals surface area contributed by atoms with Crippen LogP contribution in [-0.4, -0.2) is 37.0 Å². The van der Waals surface area contributed by atoms with Crippen LogP contribution in [-0.2, 0) is 20.9 Å². The lowest BCUT2D eigenvalue weighted by Crippen LogP contribution is -2.32. The number of carbonyl (C=O) groups excluding carboxylic acids is 2. The number of hydrogen-bond donors (Lipinski definition) is 0. The first-order chi connectivity index (χ1) is 8.65. The minimum atomic E-state index is -0.629. The van der Waals surface area contributed by atoms with E-state index in [1.807, 2.05) is 12.1 Å². The van der Waals surface area contributed by atoms with Crippen molar-refractivity contribution in [3.63, 3.8) is 0 Å². The molecule has 0 saturated carbocycles. The van der Waals surface area contributed by atoms with E-state index in [1.165, 1.54) is 12.0 Å². The van der Waals surface area contributed by atoms with Gasteiger partial charge in [-0.3, -0.25) is 14.5 Å². The van der Waals surface area contributed by atoms with E-state index in [0.29, 0.717) is 0 Å². The number of likely N-dealkylation sites (tertiary alicyclic amines) is 1. The molecule has 0 aromatic heterocycles. The molecule has 1 aromatic carbocycles. The van der Waals surface area contributed by atoms with Crippen LogP contribution in [0.25, 0.3) is 0 Å². The fourth-order valence-corrected chi connectivity index (χ4v) is 1.92. The summed E-state index contributed by atoms with van der Waals surface area (Å²) in [5, 5.41) is 0. The quantitative estimate of drug-likeness (QED) is 0.746. The van der Waals surface area contributed by atoms with Gasteiger partial charge in [-0.15, -0.1) is 0 Å². The van der Waals surface area contributed by atoms with Crippen molar-refractivity contribution in [3.05, 3.63) is 29.8 Å². The Morgan fingerprint density at radius 1 is 1.22 bits per heavy atom. The standard InChI is InChI=1S/C13H15NO4/c1-17-10-5-3-9(4-6-10)8-14-12(15)7-11(18-2)13(14)16/h3-6,11H,7-8H2,1-2H3/t11-/m1/s1. The average Bonchev–Trinajstić information content (AvgIpc) is 2.67. The second kappa shape index (κ2) is 5.18. The minimum absolute atomic E-state index is 0.130. The highest BCUT2D eigenvalue weighted by atomic mass is 16.5. The number of rotatable bonds is 4. The van der Waals surface area contributed by atoms with Crippen molar-refractivity contribution >= 4 is 11.8 Å². The van der Waals surface area contributed by atoms with E-state index in [1.54, 1.807) is 19.2 Å². The molecule has 0 aliphatic carbocycles. The smallest absolute Gasteiger partial charge is 0.259 e. The molecule has 1 aliphatic heterocycles. The number of methoxy groups -OCH3 is 2. The summed E-state index contributed by atoms with van der Waals surface area (Å²) in [5.74, 6) is 0.286. The van der Waals surface area contributed by atoms with Gasteiger partial charge in [0.25, 0.3) is 5.91 Å². The van der Waals surface area contributed by atoms with E-state index in [9.17, 15) is 9.59 Å². The molecule has 0 N–H and O–H groups in total. The van der Waals surface area contributed by atoms with Crippen LogP contribution >= 0.6 is 0 Å². The fourth-order valence-electron chi connectivity index (χ4n) is 1.92. The Labute approximate surface area is 105 Å². The molecule has 0 unspecified atom stereocenters. The van der Waals surface area contributed by atoms with E-state index in [2.05, 4.69) is 0 Å². The first kappa shape index (κ1) is 12.6. The summed E-state index contributed by atoms with van der Waals surface area (Å²) in [7, 11) is 3.03. The zero-order valence-electron chi connectivity index (χ0n) is 10.4. The van der Waals surface area contributed by atoms with Gasteiger partial charge in [0.15, 0.2) is 0 Å². The topological polar surface area (TPSA) is 55.8 Å². The lowest BCUT2D eigenvalue weighted by atomic mass is 10.2. The molecule has 0 radical (unpaired) electrons. The van der Waals surface area contributed by atoms with Crippen molar-refractivity contribution in [2.45, 2.75) is 19.1 Å². The monoisotopic (exact) mass is 249 g/mol. The van der Waals surface area contributed by atoms with Gasteiger partial charge in [-0.25, -0.2) is 0 Å². The first-order valence-corrected chi connectivity index (χ1v) is 5.65. The molecule has 2 amide bonds. The van der Waals surface area contributed by atoms with Crippen molar-refractivity contribution in [2.75, 3.05) is 14.2 Å². The van der Waals surface area contributed by atoms with Gasteiger partial charge in [0, 0.05) is 7.11 Å². The predicted octanol–water partition coefficient (Wildman–Crippen LogP) is 0.969. The Morgan fingerprint density at radius 2 is 1.89 bits per heavy atom. The van der Waals surface area contributed by atoms with Crippen LogP contribution < -0.4 is 4.74 Å². The van der Waals surface area contributed by atoms with Gasteiger partial charge in [-0.2, -0.15) is 0 Å². The second-order valence-electron chi connectivity index (χ2n) is 4.09. The Morgan fingerprint density at radius 3 is 2.39 bits per heavy atom. The van der Waals surface area contributed by atoms with E-state index < -0.39 is 6.10 Å². The first-order valence-electron chi connectivity index (χ1n) is 5.65. The number of benzene rings is 1. The maximum atomic E-state index is 11.8. The van der Waals surface area contributed by atoms with E-state index >= 15 is 0 Å². The summed E-state index contributed by atoms with van der Waals surface area (Å²) in [5.41, 5.74) is 0.884. The highest BCUT2D eigenvalue weighted by molar-refractivity contribution is 6.04. The fraction of sp³-hybridized carbons (Fsp3) is 0.385. The molecule has 1 fully saturated rings. The molecule has 1 atom stereocenters. The Balaban J connectivity index is 2.08. The number of ether oxygens (including phenoxy) is 2. The summed E-state index contributed by atoms with van der Waals surface area (Å²) in [6.45, 7) is 0.279. The van der Waals surface area contributed by atoms with Crippen molar-refractivity contribution in [2.24, 2.45) is 0 Å². The van der Waals surface area contributed by atoms with Crippen LogP contribution in [0.1, 0.15) is 12.0 Å². The zero-order chi connectivity index (χ0) is 13.1. The number of hydrogen-bond acceptors (Lipinski definition) is 4. The maximum Gasteiger partial charge on any atom is 0.259 e. The van der Waals surface area contributed by atoms with Gasteiger partial charge in [-0.05, 0) is 17.7 Å². The highest BCUT2D eigenvalue weighted by Crippen LogP contribution is 2.19. The number of amides is 2. The molecule has 1 aliphatic rings. The van der Waals surface area contributed by atoms with Crippen molar-refractivity contribution in [3.8, 4) is 5.75 Å². The molecule has 1 aromatic rings. The number of nitrogens with zero attached hydrogens (tertiary/aromatic N) is 1. The molecular weight excluding hydrogens is 234 g/mol. The van der Waals surface area contributed by atoms with Gasteiger partial charge in [0.2, 0.25) is 5.91 Å². The molecule has 5 heteroatoms. The molecule has 1 heterocycles. The van der Waals surface area contributed by atoms with Crippen LogP contribution in [0.15, 0.2) is 24.3 Å². The lowest BCUT2D eigenvalue weighted by Gasteiger charge is -2.14. The molecule has 0 spiro atoms. The number of carbonyl (C=O) groups is 2. The second-order valence-corrected chi connectivity index (χ2v) is 4.09. The zero-order valence-corrected chi connectivity index (χ0v) is 10.4. The third kappa shape index (κ3) is 2.36. The molecule has 18 heavy (non-hydrogen) atoms. The molecular formula is C13H15NO4. The molecule has 0 bridgehead atoms. The minimum Gasteiger partial charge on any atom is -0.497 e. The van der Waals surface area contributed by atoms with Gasteiger partial charge in [0.1, 0.15) is 11.9 Å². The summed E-state index contributed by atoms with van der Waals surface area (Å²) in [4.78, 5) is 24.7. The lowest BCUT2D eigenvalue weighted by molar-refractivity contribution is -0.142. The van der Waals surface area contributed by atoms with Crippen LogP contribution in [0, 0.1) is 0 Å². The van der Waals surface area contributed by atoms with Crippen LogP contribution in [0.4, 0.5) is 0 Å². The third-order valence-electron chi connectivity index (χ3n) is 2.99. The van der Waals surface area contributed by atoms with Crippen molar-refractivity contribution in [1.29, 1.82) is 0 Å². The summed E-state index contributed by atoms with van der Waals surface area (Å²) >= 11 is 0. The van der Waals surface area contributed by atoms with Gasteiger partial charge in [0.05, 0.1) is 20.1 Å². The Hall–Kier alpha value is -1.88. The molecule has 96 valence electrons. The van der Waals surface area contributed by atoms with Crippen LogP contribution in [0.2, 0.25) is 0 Å². The predicted molar refractivity (Wildman–Crippen MR) is 64.0 cm³/mol. The maximum absolute atomic E-state index is 11.8. The summed E-state index contributed by atoms with van der Waals surface area (Å²) in [6.07, 6.45) is -0.498. The van der Waals surface area contributed by atoms with Gasteiger partial charge < -0.3 is 9.47 Å². The summed E-state index contributed by atoms with van der Waals surface area (Å²) < 4.78 is 10.0. The van der Waals surface area contributed by atoms with E-state index in [4.69, 9.17) is 9.47 Å². The Bertz CT molecular complexity index is 455. The largest absolute Gasteiger partial charge is 0.497 e. The Kier molecular flexibility index (Phi) is 3.62. The average molecular weight is 249 g/mol. The van der Waals surface area contributed by atoms with Crippen LogP contribution in [0.5, 0.6) is 5.75 Å². The van der Waals surface area contributed by atoms with Crippen molar-refractivity contribution < 1.29 is 19.1 Å². The van der Waals surface area contributed by atoms with Gasteiger partial charge >= 0.3 is 0 Å². The SMILES string of the molecule is COc1ccc(CN2C(=O)C[C@@H](OC)C2=O)cc1. The highest BCUT2D eigenvalue weighted by Gasteiger charge is 2.38. The number of imide groups is 1.